The van der Waals surface area contributed by atoms with Crippen LogP contribution in [0.5, 0.6) is 0 Å². The molecule has 0 fully saturated rings. The van der Waals surface area contributed by atoms with Gasteiger partial charge >= 0.3 is 29.8 Å². The van der Waals surface area contributed by atoms with Crippen molar-refractivity contribution in [2.45, 2.75) is 269 Å². The van der Waals surface area contributed by atoms with E-state index < -0.39 is 47.8 Å². The maximum absolute atomic E-state index is 12.9. The van der Waals surface area contributed by atoms with Crippen LogP contribution in [0.15, 0.2) is 0 Å². The van der Waals surface area contributed by atoms with Crippen LogP contribution in [-0.2, 0) is 105 Å². The minimum Gasteiger partial charge on any atom is -0.481 e. The molecule has 0 aromatic carbocycles. The van der Waals surface area contributed by atoms with Crippen LogP contribution in [0.2, 0.25) is 0 Å². The number of nitrogens with one attached hydrogen (secondary N) is 6. The van der Waals surface area contributed by atoms with Crippen molar-refractivity contribution in [1.29, 1.82) is 0 Å². The monoisotopic (exact) mass is 1590 g/mol. The zero-order valence-electron chi connectivity index (χ0n) is 66.2. The minimum atomic E-state index is -1.21. The van der Waals surface area contributed by atoms with Crippen molar-refractivity contribution < 1.29 is 131 Å². The van der Waals surface area contributed by atoms with Gasteiger partial charge in [0, 0.05) is 103 Å². The van der Waals surface area contributed by atoms with Crippen molar-refractivity contribution in [2.24, 2.45) is 11.8 Å². The minimum absolute atomic E-state index is 0.00401. The van der Waals surface area contributed by atoms with Gasteiger partial charge in [0.25, 0.3) is 0 Å². The molecule has 0 aliphatic rings. The summed E-state index contributed by atoms with van der Waals surface area (Å²) in [7, 11) is 0. The van der Waals surface area contributed by atoms with Gasteiger partial charge in [-0.1, -0.05) is 122 Å². The summed E-state index contributed by atoms with van der Waals surface area (Å²) in [6.07, 6.45) is 23.9. The molecule has 0 rings (SSSR count). The SMILES string of the molecule is C[C@@H](CCCCNC(=O)COCCOCCCC(=O)COCCOCCNC(=O)CC[C@H](NC(=O)CCCCCCCCCCCCC(=O)O)C(=O)O)C(=O)C[C@@H](CCCCNC(=O)COCCOCCNC(=O)COCCOCCCC(=O)CC[C@H](NC(=O)CCCCCCCCCCCCC(=O)O)C(=O)O)C(=O)O. The van der Waals surface area contributed by atoms with E-state index in [0.29, 0.717) is 90.3 Å². The van der Waals surface area contributed by atoms with Crippen LogP contribution < -0.4 is 31.9 Å². The molecule has 33 heteroatoms. The van der Waals surface area contributed by atoms with E-state index in [1.165, 1.54) is 0 Å². The number of unbranched alkanes of at least 4 members (excludes halogenated alkanes) is 20. The molecule has 0 aliphatic carbocycles. The molecule has 0 saturated carbocycles. The first-order valence-electron chi connectivity index (χ1n) is 40.5. The third-order valence-corrected chi connectivity index (χ3v) is 17.8. The molecule has 0 radical (unpaired) electrons. The van der Waals surface area contributed by atoms with Gasteiger partial charge in [0.1, 0.15) is 50.1 Å². The third kappa shape index (κ3) is 71.6. The van der Waals surface area contributed by atoms with Gasteiger partial charge in [-0.05, 0) is 77.0 Å². The Kier molecular flexibility index (Phi) is 69.5. The highest BCUT2D eigenvalue weighted by Crippen LogP contribution is 2.20. The molecule has 4 atom stereocenters. The van der Waals surface area contributed by atoms with Crippen molar-refractivity contribution >= 4 is 82.6 Å². The summed E-state index contributed by atoms with van der Waals surface area (Å²) < 4.78 is 43.2. The lowest BCUT2D eigenvalue weighted by Crippen LogP contribution is -2.41. The lowest BCUT2D eigenvalue weighted by molar-refractivity contribution is -0.144. The van der Waals surface area contributed by atoms with Crippen LogP contribution in [0.4, 0.5) is 0 Å². The number of rotatable bonds is 84. The molecule has 0 aromatic heterocycles. The van der Waals surface area contributed by atoms with Crippen LogP contribution in [0.3, 0.4) is 0 Å². The Morgan fingerprint density at radius 2 is 0.595 bits per heavy atom. The third-order valence-electron chi connectivity index (χ3n) is 17.8. The lowest BCUT2D eigenvalue weighted by atomic mass is 9.89. The standard InChI is InChI=1S/C78H136N6O27/c1-61(28-22-24-40-79-71(91)58-109-53-49-105-45-27-31-64(86)57-108-52-50-106-46-42-81-68(88)39-38-66(78(102)103)84-70(90)33-19-15-11-7-3-5-9-13-17-21-35-75(96)97)67(87)56-62(76(98)99)29-23-25-41-80-72(92)59-111-55-51-107-47-43-82-73(93)60-110-54-48-104-44-26-30-63(85)36-37-65(77(100)101)83-69(89)32-18-14-10-6-2-4-8-12-16-20-34-74(94)95/h61-62,65-66H,2-60H2,1H3,(H,79,91)(H,80,92)(H,81,88)(H,82,93)(H,83,89)(H,84,90)(H,94,95)(H,96,97)(H,98,99)(H,100,101)(H,102,103)/t61-,62+,65-,66-/m0/s1. The Balaban J connectivity index is 3.83. The van der Waals surface area contributed by atoms with Crippen molar-refractivity contribution in [1.82, 2.24) is 31.9 Å². The predicted molar refractivity (Wildman–Crippen MR) is 408 cm³/mol. The number of carbonyl (C=O) groups excluding carboxylic acids is 9. The second-order valence-corrected chi connectivity index (χ2v) is 27.8. The summed E-state index contributed by atoms with van der Waals surface area (Å²) in [4.78, 5) is 168. The molecule has 33 nitrogen and oxygen atoms in total. The Morgan fingerprint density at radius 1 is 0.261 bits per heavy atom. The number of carbonyl (C=O) groups is 14. The molecule has 6 amide bonds. The van der Waals surface area contributed by atoms with E-state index in [1.54, 1.807) is 6.92 Å². The Bertz CT molecular complexity index is 2570. The first kappa shape index (κ1) is 104. The Labute approximate surface area is 655 Å². The maximum atomic E-state index is 12.9. The highest BCUT2D eigenvalue weighted by molar-refractivity contribution is 5.87. The molecule has 0 unspecified atom stereocenters. The Hall–Kier alpha value is -7.14. The van der Waals surface area contributed by atoms with E-state index in [0.717, 1.165) is 103 Å². The molecule has 640 valence electrons. The van der Waals surface area contributed by atoms with Crippen LogP contribution in [-0.4, -0.2) is 252 Å². The number of carboxylic acid groups (broad SMARTS) is 5. The van der Waals surface area contributed by atoms with Crippen LogP contribution in [0, 0.1) is 11.8 Å². The van der Waals surface area contributed by atoms with E-state index in [4.69, 9.17) is 48.1 Å². The first-order chi connectivity index (χ1) is 53.5. The van der Waals surface area contributed by atoms with Crippen LogP contribution >= 0.6 is 0 Å². The van der Waals surface area contributed by atoms with Crippen LogP contribution in [0.1, 0.15) is 257 Å². The van der Waals surface area contributed by atoms with Gasteiger partial charge in [-0.25, -0.2) is 9.59 Å². The lowest BCUT2D eigenvalue weighted by Gasteiger charge is -2.15. The van der Waals surface area contributed by atoms with E-state index >= 15 is 0 Å². The second kappa shape index (κ2) is 74.3. The molecule has 0 bridgehead atoms. The molecule has 0 aliphatic heterocycles. The van der Waals surface area contributed by atoms with Crippen LogP contribution in [0.25, 0.3) is 0 Å². The number of hydrogen-bond acceptors (Lipinski definition) is 22. The van der Waals surface area contributed by atoms with Crippen molar-refractivity contribution in [2.75, 3.05) is 132 Å². The summed E-state index contributed by atoms with van der Waals surface area (Å²) in [5, 5.41) is 62.1. The predicted octanol–water partition coefficient (Wildman–Crippen LogP) is 7.15. The number of Topliss-reactive ketones (excluding diaryl/α,β-unsaturated/α-hetero) is 3. The fourth-order valence-electron chi connectivity index (χ4n) is 11.3. The summed E-state index contributed by atoms with van der Waals surface area (Å²) in [6, 6.07) is -2.32. The van der Waals surface area contributed by atoms with E-state index in [2.05, 4.69) is 31.9 Å². The van der Waals surface area contributed by atoms with Gasteiger partial charge in [-0.2, -0.15) is 0 Å². The highest BCUT2D eigenvalue weighted by Gasteiger charge is 2.25. The largest absolute Gasteiger partial charge is 0.481 e. The fourth-order valence-corrected chi connectivity index (χ4v) is 11.3. The molecule has 0 heterocycles. The highest BCUT2D eigenvalue weighted by atomic mass is 16.5. The Morgan fingerprint density at radius 3 is 0.991 bits per heavy atom. The second-order valence-electron chi connectivity index (χ2n) is 27.8. The summed E-state index contributed by atoms with van der Waals surface area (Å²) in [5.41, 5.74) is 0. The summed E-state index contributed by atoms with van der Waals surface area (Å²) in [6.45, 7) is 4.48. The quantitative estimate of drug-likeness (QED) is 0.0269. The number of amides is 6. The topological polar surface area (TPSA) is 486 Å². The number of ketones is 3. The number of hydrogen-bond donors (Lipinski definition) is 11. The van der Waals surface area contributed by atoms with Gasteiger partial charge < -0.3 is 95.3 Å². The molecule has 0 spiro atoms. The first-order valence-corrected chi connectivity index (χ1v) is 40.5. The molecule has 0 saturated heterocycles. The maximum Gasteiger partial charge on any atom is 0.326 e. The van der Waals surface area contributed by atoms with Crippen molar-refractivity contribution in [3.63, 3.8) is 0 Å². The number of ether oxygens (including phenoxy) is 8. The normalized spacial score (nSPS) is 12.3. The molecular formula is C78H136N6O27. The zero-order chi connectivity index (χ0) is 82.0. The number of carboxylic acids is 5. The molecule has 111 heavy (non-hydrogen) atoms. The van der Waals surface area contributed by atoms with Crippen molar-refractivity contribution in [3.05, 3.63) is 0 Å². The fraction of sp³-hybridized carbons (Fsp3) is 0.821. The average Bonchev–Trinajstić information content (AvgIpc) is 0.942. The number of aliphatic carboxylic acids is 5. The zero-order valence-corrected chi connectivity index (χ0v) is 66.2. The summed E-state index contributed by atoms with van der Waals surface area (Å²) >= 11 is 0. The van der Waals surface area contributed by atoms with E-state index in [1.807, 2.05) is 0 Å². The molecule has 0 aromatic rings. The van der Waals surface area contributed by atoms with E-state index in [9.17, 15) is 82.4 Å². The van der Waals surface area contributed by atoms with Gasteiger partial charge in [0.2, 0.25) is 35.4 Å². The van der Waals surface area contributed by atoms with Gasteiger partial charge in [0.15, 0.2) is 5.78 Å². The smallest absolute Gasteiger partial charge is 0.326 e. The molecular weight excluding hydrogens is 1450 g/mol. The average molecular weight is 1590 g/mol. The van der Waals surface area contributed by atoms with Gasteiger partial charge in [-0.15, -0.1) is 0 Å². The van der Waals surface area contributed by atoms with E-state index in [-0.39, 0.29) is 248 Å². The van der Waals surface area contributed by atoms with Gasteiger partial charge in [-0.3, -0.25) is 57.5 Å². The van der Waals surface area contributed by atoms with Gasteiger partial charge in [0.05, 0.1) is 72.0 Å². The van der Waals surface area contributed by atoms with Crippen molar-refractivity contribution in [3.8, 4) is 0 Å². The summed E-state index contributed by atoms with van der Waals surface area (Å²) in [5.74, 6) is -8.73. The molecule has 11 N–H and O–H groups in total.